The van der Waals surface area contributed by atoms with Crippen molar-refractivity contribution in [3.05, 3.63) is 90.6 Å². The molecule has 2 heterocycles. The number of halogens is 3. The molecule has 0 bridgehead atoms. The van der Waals surface area contributed by atoms with Gasteiger partial charge in [-0.2, -0.15) is 13.2 Å². The third-order valence-electron chi connectivity index (χ3n) is 6.72. The summed E-state index contributed by atoms with van der Waals surface area (Å²) in [6.07, 6.45) is -2.29. The van der Waals surface area contributed by atoms with Gasteiger partial charge in [0.25, 0.3) is 10.0 Å². The fourth-order valence-corrected chi connectivity index (χ4v) is 5.86. The molecule has 4 aromatic rings. The molecule has 0 atom stereocenters. The van der Waals surface area contributed by atoms with E-state index in [1.807, 2.05) is 30.3 Å². The number of likely N-dealkylation sites (N-methyl/N-ethyl adjacent to an activating group) is 1. The van der Waals surface area contributed by atoms with Crippen molar-refractivity contribution in [1.82, 2.24) is 14.8 Å². The Morgan fingerprint density at radius 3 is 2.33 bits per heavy atom. The van der Waals surface area contributed by atoms with Gasteiger partial charge in [-0.05, 0) is 73.6 Å². The Labute approximate surface area is 242 Å². The number of pyridine rings is 1. The summed E-state index contributed by atoms with van der Waals surface area (Å²) in [5.74, 6) is -2.76. The summed E-state index contributed by atoms with van der Waals surface area (Å²) in [6.45, 7) is 5.33. The van der Waals surface area contributed by atoms with Gasteiger partial charge in [-0.25, -0.2) is 13.2 Å². The van der Waals surface area contributed by atoms with Crippen LogP contribution in [0.25, 0.3) is 22.0 Å². The highest BCUT2D eigenvalue weighted by Gasteiger charge is 2.38. The number of carboxylic acid groups (broad SMARTS) is 1. The lowest BCUT2D eigenvalue weighted by molar-refractivity contribution is -0.192. The summed E-state index contributed by atoms with van der Waals surface area (Å²) in [6, 6.07) is 24.9. The quantitative estimate of drug-likeness (QED) is 0.303. The zero-order valence-corrected chi connectivity index (χ0v) is 23.7. The Bertz CT molecular complexity index is 1640. The van der Waals surface area contributed by atoms with Crippen LogP contribution in [-0.2, 0) is 21.4 Å². The van der Waals surface area contributed by atoms with Crippen molar-refractivity contribution >= 4 is 32.6 Å². The SMILES string of the molecule is CN1CCCN(Cc2cccc(-c3cccc(NS(=O)(=O)c4cccc5cccnc45)c3)c2)CC1.O=C(O)C(F)(F)F. The van der Waals surface area contributed by atoms with E-state index in [0.717, 1.165) is 49.2 Å². The van der Waals surface area contributed by atoms with E-state index in [1.165, 1.54) is 12.0 Å². The third kappa shape index (κ3) is 8.28. The van der Waals surface area contributed by atoms with E-state index in [-0.39, 0.29) is 4.90 Å². The van der Waals surface area contributed by atoms with Crippen molar-refractivity contribution in [1.29, 1.82) is 0 Å². The van der Waals surface area contributed by atoms with Gasteiger partial charge in [-0.1, -0.05) is 48.5 Å². The van der Waals surface area contributed by atoms with Crippen LogP contribution in [0.15, 0.2) is 90.0 Å². The number of carbonyl (C=O) groups is 1. The van der Waals surface area contributed by atoms with Crippen LogP contribution in [0, 0.1) is 0 Å². The number of nitrogens with zero attached hydrogens (tertiary/aromatic N) is 3. The monoisotopic (exact) mass is 600 g/mol. The van der Waals surface area contributed by atoms with Crippen LogP contribution in [0.1, 0.15) is 12.0 Å². The van der Waals surface area contributed by atoms with Gasteiger partial charge in [0.1, 0.15) is 4.90 Å². The first-order chi connectivity index (χ1) is 19.9. The Morgan fingerprint density at radius 1 is 0.929 bits per heavy atom. The van der Waals surface area contributed by atoms with Crippen LogP contribution in [0.4, 0.5) is 18.9 Å². The number of anilines is 1. The van der Waals surface area contributed by atoms with Gasteiger partial charge >= 0.3 is 12.1 Å². The Kier molecular flexibility index (Phi) is 9.81. The normalized spacial score (nSPS) is 15.0. The highest BCUT2D eigenvalue weighted by molar-refractivity contribution is 7.93. The first-order valence-electron chi connectivity index (χ1n) is 13.2. The van der Waals surface area contributed by atoms with Crippen LogP contribution in [-0.4, -0.2) is 73.7 Å². The maximum absolute atomic E-state index is 13.2. The summed E-state index contributed by atoms with van der Waals surface area (Å²) in [7, 11) is -1.61. The molecule has 1 saturated heterocycles. The van der Waals surface area contributed by atoms with Crippen LogP contribution in [0.5, 0.6) is 0 Å². The average molecular weight is 601 g/mol. The number of hydrogen-bond donors (Lipinski definition) is 2. The van der Waals surface area contributed by atoms with Gasteiger partial charge in [-0.15, -0.1) is 0 Å². The smallest absolute Gasteiger partial charge is 0.475 e. The molecule has 0 saturated carbocycles. The van der Waals surface area contributed by atoms with Crippen LogP contribution in [0.3, 0.4) is 0 Å². The Balaban J connectivity index is 0.000000517. The number of sulfonamides is 1. The molecule has 1 fully saturated rings. The van der Waals surface area contributed by atoms with E-state index in [0.29, 0.717) is 11.2 Å². The van der Waals surface area contributed by atoms with Crippen molar-refractivity contribution in [3.8, 4) is 11.1 Å². The summed E-state index contributed by atoms with van der Waals surface area (Å²) in [5.41, 5.74) is 4.29. The number of nitrogens with one attached hydrogen (secondary N) is 1. The second-order valence-corrected chi connectivity index (χ2v) is 11.6. The van der Waals surface area contributed by atoms with E-state index in [1.54, 1.807) is 30.5 Å². The number of aromatic nitrogens is 1. The standard InChI is InChI=1S/C28H30N4O2S.C2HF3O2/c1-31-15-6-16-32(18-17-31)21-22-7-2-9-24(19-22)25-10-3-12-26(20-25)30-35(33,34)27-13-4-8-23-11-5-14-29-28(23)27;3-2(4,5)1(6)7/h2-5,7-14,19-20,30H,6,15-18,21H2,1H3;(H,6,7). The maximum atomic E-state index is 13.2. The molecule has 1 aliphatic rings. The highest BCUT2D eigenvalue weighted by atomic mass is 32.2. The molecule has 5 rings (SSSR count). The van der Waals surface area contributed by atoms with Gasteiger partial charge in [-0.3, -0.25) is 14.6 Å². The maximum Gasteiger partial charge on any atom is 0.490 e. The second-order valence-electron chi connectivity index (χ2n) is 9.95. The van der Waals surface area contributed by atoms with Gasteiger partial charge < -0.3 is 10.0 Å². The molecule has 1 aliphatic heterocycles. The third-order valence-corrected chi connectivity index (χ3v) is 8.13. The average Bonchev–Trinajstić information content (AvgIpc) is 3.16. The minimum absolute atomic E-state index is 0.172. The first kappa shape index (κ1) is 30.9. The lowest BCUT2D eigenvalue weighted by atomic mass is 10.0. The van der Waals surface area contributed by atoms with Gasteiger partial charge in [0.05, 0.1) is 5.52 Å². The van der Waals surface area contributed by atoms with Crippen molar-refractivity contribution in [2.75, 3.05) is 37.9 Å². The molecule has 0 aliphatic carbocycles. The number of alkyl halides is 3. The molecule has 2 N–H and O–H groups in total. The fourth-order valence-electron chi connectivity index (χ4n) is 4.63. The van der Waals surface area contributed by atoms with Gasteiger partial charge in [0.2, 0.25) is 0 Å². The van der Waals surface area contributed by atoms with Crippen LogP contribution >= 0.6 is 0 Å². The zero-order chi connectivity index (χ0) is 30.3. The summed E-state index contributed by atoms with van der Waals surface area (Å²) >= 11 is 0. The molecule has 0 amide bonds. The molecular formula is C30H31F3N4O4S. The largest absolute Gasteiger partial charge is 0.490 e. The molecular weight excluding hydrogens is 569 g/mol. The number of carboxylic acids is 1. The summed E-state index contributed by atoms with van der Waals surface area (Å²) in [4.78, 5) is 18.3. The second kappa shape index (κ2) is 13.3. The van der Waals surface area contributed by atoms with E-state index in [4.69, 9.17) is 9.90 Å². The Hall–Kier alpha value is -4.00. The van der Waals surface area contributed by atoms with Crippen LogP contribution in [0.2, 0.25) is 0 Å². The van der Waals surface area contributed by atoms with E-state index in [9.17, 15) is 21.6 Å². The van der Waals surface area contributed by atoms with E-state index < -0.39 is 22.2 Å². The molecule has 3 aromatic carbocycles. The van der Waals surface area contributed by atoms with E-state index in [2.05, 4.69) is 50.8 Å². The lowest BCUT2D eigenvalue weighted by Gasteiger charge is -2.20. The molecule has 222 valence electrons. The molecule has 0 unspecified atom stereocenters. The number of fused-ring (bicyclic) bond motifs is 1. The molecule has 0 spiro atoms. The van der Waals surface area contributed by atoms with Crippen molar-refractivity contribution in [2.45, 2.75) is 24.0 Å². The lowest BCUT2D eigenvalue weighted by Crippen LogP contribution is -2.28. The highest BCUT2D eigenvalue weighted by Crippen LogP contribution is 2.27. The predicted octanol–water partition coefficient (Wildman–Crippen LogP) is 5.47. The predicted molar refractivity (Wildman–Crippen MR) is 156 cm³/mol. The minimum Gasteiger partial charge on any atom is -0.475 e. The number of benzene rings is 3. The summed E-state index contributed by atoms with van der Waals surface area (Å²) in [5, 5.41) is 7.91. The zero-order valence-electron chi connectivity index (χ0n) is 22.9. The molecule has 12 heteroatoms. The number of para-hydroxylation sites is 1. The molecule has 1 aromatic heterocycles. The van der Waals surface area contributed by atoms with Crippen molar-refractivity contribution in [3.63, 3.8) is 0 Å². The van der Waals surface area contributed by atoms with E-state index >= 15 is 0 Å². The minimum atomic E-state index is -5.08. The molecule has 42 heavy (non-hydrogen) atoms. The summed E-state index contributed by atoms with van der Waals surface area (Å²) < 4.78 is 60.9. The van der Waals surface area contributed by atoms with Gasteiger partial charge in [0, 0.05) is 36.9 Å². The fraction of sp³-hybridized carbons (Fsp3) is 0.267. The number of hydrogen-bond acceptors (Lipinski definition) is 6. The van der Waals surface area contributed by atoms with Crippen molar-refractivity contribution < 1.29 is 31.5 Å². The topological polar surface area (TPSA) is 103 Å². The molecule has 8 nitrogen and oxygen atoms in total. The first-order valence-corrected chi connectivity index (χ1v) is 14.7. The van der Waals surface area contributed by atoms with Crippen LogP contribution < -0.4 is 4.72 Å². The number of rotatable bonds is 6. The molecule has 0 radical (unpaired) electrons. The van der Waals surface area contributed by atoms with Gasteiger partial charge in [0.15, 0.2) is 0 Å². The number of aliphatic carboxylic acids is 1. The van der Waals surface area contributed by atoms with Crippen molar-refractivity contribution in [2.24, 2.45) is 0 Å². The Morgan fingerprint density at radius 2 is 1.60 bits per heavy atom.